The maximum Gasteiger partial charge on any atom is 0.304 e. The summed E-state index contributed by atoms with van der Waals surface area (Å²) in [4.78, 5) is 15.3. The lowest BCUT2D eigenvalue weighted by Crippen LogP contribution is -2.50. The van der Waals surface area contributed by atoms with Crippen molar-refractivity contribution in [1.82, 2.24) is 4.90 Å². The summed E-state index contributed by atoms with van der Waals surface area (Å²) in [5.74, 6) is 0.157. The molecule has 1 aliphatic rings. The molecule has 0 saturated carbocycles. The molecule has 1 fully saturated rings. The number of piperazine rings is 1. The van der Waals surface area contributed by atoms with Gasteiger partial charge in [-0.1, -0.05) is 12.1 Å². The van der Waals surface area contributed by atoms with E-state index in [1.54, 1.807) is 7.11 Å². The summed E-state index contributed by atoms with van der Waals surface area (Å²) >= 11 is 0. The molecule has 1 unspecified atom stereocenters. The van der Waals surface area contributed by atoms with Crippen molar-refractivity contribution in [2.45, 2.75) is 19.4 Å². The summed E-state index contributed by atoms with van der Waals surface area (Å²) in [5, 5.41) is 8.86. The number of carboxylic acids is 1. The van der Waals surface area contributed by atoms with Gasteiger partial charge >= 0.3 is 5.97 Å². The highest BCUT2D eigenvalue weighted by molar-refractivity contribution is 5.67. The van der Waals surface area contributed by atoms with Gasteiger partial charge in [-0.2, -0.15) is 0 Å². The van der Waals surface area contributed by atoms with Gasteiger partial charge in [0.25, 0.3) is 0 Å². The monoisotopic (exact) mass is 278 g/mol. The Kier molecular flexibility index (Phi) is 4.84. The van der Waals surface area contributed by atoms with Crippen molar-refractivity contribution in [3.05, 3.63) is 24.3 Å². The molecule has 110 valence electrons. The van der Waals surface area contributed by atoms with Crippen LogP contribution in [0.3, 0.4) is 0 Å². The van der Waals surface area contributed by atoms with Gasteiger partial charge in [0, 0.05) is 32.2 Å². The number of carboxylic acid groups (broad SMARTS) is 1. The third kappa shape index (κ3) is 3.42. The Morgan fingerprint density at radius 1 is 1.30 bits per heavy atom. The Morgan fingerprint density at radius 2 is 1.95 bits per heavy atom. The van der Waals surface area contributed by atoms with Crippen molar-refractivity contribution >= 4 is 11.7 Å². The number of methoxy groups -OCH3 is 1. The van der Waals surface area contributed by atoms with Gasteiger partial charge in [0.05, 0.1) is 19.2 Å². The van der Waals surface area contributed by atoms with E-state index < -0.39 is 5.97 Å². The maximum absolute atomic E-state index is 10.8. The SMILES string of the molecule is COc1ccccc1N1CCN(C(C)CC(=O)O)CC1. The largest absolute Gasteiger partial charge is 0.495 e. The fraction of sp³-hybridized carbons (Fsp3) is 0.533. The average Bonchev–Trinajstić information content (AvgIpc) is 2.46. The minimum atomic E-state index is -0.732. The Labute approximate surface area is 119 Å². The number of benzene rings is 1. The Hall–Kier alpha value is -1.75. The Balaban J connectivity index is 1.95. The summed E-state index contributed by atoms with van der Waals surface area (Å²) in [6.07, 6.45) is 0.203. The number of ether oxygens (including phenoxy) is 1. The van der Waals surface area contributed by atoms with Crippen LogP contribution in [-0.4, -0.2) is 55.3 Å². The van der Waals surface area contributed by atoms with E-state index in [4.69, 9.17) is 9.84 Å². The molecule has 1 aromatic carbocycles. The smallest absolute Gasteiger partial charge is 0.304 e. The van der Waals surface area contributed by atoms with Gasteiger partial charge in [-0.25, -0.2) is 0 Å². The molecular weight excluding hydrogens is 256 g/mol. The molecule has 0 aromatic heterocycles. The van der Waals surface area contributed by atoms with Gasteiger partial charge < -0.3 is 14.7 Å². The predicted molar refractivity (Wildman–Crippen MR) is 78.5 cm³/mol. The second kappa shape index (κ2) is 6.61. The first-order valence-electron chi connectivity index (χ1n) is 6.95. The van der Waals surface area contributed by atoms with E-state index in [0.717, 1.165) is 37.6 Å². The maximum atomic E-state index is 10.8. The van der Waals surface area contributed by atoms with Crippen LogP contribution in [0.1, 0.15) is 13.3 Å². The van der Waals surface area contributed by atoms with Gasteiger partial charge in [-0.05, 0) is 19.1 Å². The second-order valence-electron chi connectivity index (χ2n) is 5.14. The van der Waals surface area contributed by atoms with Crippen LogP contribution in [0, 0.1) is 0 Å². The molecule has 5 heteroatoms. The summed E-state index contributed by atoms with van der Waals surface area (Å²) in [7, 11) is 1.68. The molecule has 0 radical (unpaired) electrons. The summed E-state index contributed by atoms with van der Waals surface area (Å²) in [6.45, 7) is 5.53. The number of carbonyl (C=O) groups is 1. The summed E-state index contributed by atoms with van der Waals surface area (Å²) < 4.78 is 5.39. The molecule has 1 atom stereocenters. The zero-order valence-corrected chi connectivity index (χ0v) is 12.1. The van der Waals surface area contributed by atoms with Crippen molar-refractivity contribution in [1.29, 1.82) is 0 Å². The number of hydrogen-bond donors (Lipinski definition) is 1. The molecule has 2 rings (SSSR count). The lowest BCUT2D eigenvalue weighted by atomic mass is 10.1. The molecule has 0 spiro atoms. The van der Waals surface area contributed by atoms with E-state index in [-0.39, 0.29) is 12.5 Å². The van der Waals surface area contributed by atoms with Crippen LogP contribution in [0.2, 0.25) is 0 Å². The van der Waals surface area contributed by atoms with E-state index in [2.05, 4.69) is 15.9 Å². The van der Waals surface area contributed by atoms with Gasteiger partial charge in [0.1, 0.15) is 5.75 Å². The Morgan fingerprint density at radius 3 is 2.55 bits per heavy atom. The molecule has 0 amide bonds. The first kappa shape index (κ1) is 14.7. The van der Waals surface area contributed by atoms with Gasteiger partial charge in [0.15, 0.2) is 0 Å². The third-order valence-corrected chi connectivity index (χ3v) is 3.83. The van der Waals surface area contributed by atoms with Crippen LogP contribution >= 0.6 is 0 Å². The lowest BCUT2D eigenvalue weighted by molar-refractivity contribution is -0.138. The molecule has 0 bridgehead atoms. The molecule has 1 aromatic rings. The molecule has 1 N–H and O–H groups in total. The van der Waals surface area contributed by atoms with Crippen LogP contribution in [0.4, 0.5) is 5.69 Å². The fourth-order valence-electron chi connectivity index (χ4n) is 2.68. The minimum Gasteiger partial charge on any atom is -0.495 e. The van der Waals surface area contributed by atoms with Gasteiger partial charge in [-0.3, -0.25) is 9.69 Å². The van der Waals surface area contributed by atoms with Gasteiger partial charge in [0.2, 0.25) is 0 Å². The average molecular weight is 278 g/mol. The van der Waals surface area contributed by atoms with Crippen molar-refractivity contribution in [2.75, 3.05) is 38.2 Å². The molecule has 1 saturated heterocycles. The summed E-state index contributed by atoms with van der Waals surface area (Å²) in [5.41, 5.74) is 1.11. The quantitative estimate of drug-likeness (QED) is 0.888. The first-order chi connectivity index (χ1) is 9.61. The van der Waals surface area contributed by atoms with E-state index in [0.29, 0.717) is 0 Å². The van der Waals surface area contributed by atoms with Crippen LogP contribution in [0.25, 0.3) is 0 Å². The zero-order chi connectivity index (χ0) is 14.5. The molecule has 1 aliphatic heterocycles. The predicted octanol–water partition coefficient (Wildman–Crippen LogP) is 1.68. The number of nitrogens with zero attached hydrogens (tertiary/aromatic N) is 2. The second-order valence-corrected chi connectivity index (χ2v) is 5.14. The normalized spacial score (nSPS) is 17.8. The van der Waals surface area contributed by atoms with Crippen molar-refractivity contribution in [2.24, 2.45) is 0 Å². The van der Waals surface area contributed by atoms with Crippen molar-refractivity contribution in [3.8, 4) is 5.75 Å². The highest BCUT2D eigenvalue weighted by Crippen LogP contribution is 2.28. The molecular formula is C15H22N2O3. The third-order valence-electron chi connectivity index (χ3n) is 3.83. The highest BCUT2D eigenvalue weighted by Gasteiger charge is 2.23. The molecule has 1 heterocycles. The Bertz CT molecular complexity index is 456. The van der Waals surface area contributed by atoms with Crippen LogP contribution in [0.15, 0.2) is 24.3 Å². The fourth-order valence-corrected chi connectivity index (χ4v) is 2.68. The number of anilines is 1. The van der Waals surface area contributed by atoms with Crippen LogP contribution in [-0.2, 0) is 4.79 Å². The minimum absolute atomic E-state index is 0.0901. The van der Waals surface area contributed by atoms with E-state index in [1.165, 1.54) is 0 Å². The van der Waals surface area contributed by atoms with Crippen LogP contribution < -0.4 is 9.64 Å². The standard InChI is InChI=1S/C15H22N2O3/c1-12(11-15(18)19)16-7-9-17(10-8-16)13-5-3-4-6-14(13)20-2/h3-6,12H,7-11H2,1-2H3,(H,18,19). The number of para-hydroxylation sites is 2. The molecule has 5 nitrogen and oxygen atoms in total. The summed E-state index contributed by atoms with van der Waals surface area (Å²) in [6, 6.07) is 8.10. The van der Waals surface area contributed by atoms with Crippen LogP contribution in [0.5, 0.6) is 5.75 Å². The highest BCUT2D eigenvalue weighted by atomic mass is 16.5. The molecule has 0 aliphatic carbocycles. The van der Waals surface area contributed by atoms with Crippen molar-refractivity contribution < 1.29 is 14.6 Å². The van der Waals surface area contributed by atoms with E-state index in [1.807, 2.05) is 25.1 Å². The zero-order valence-electron chi connectivity index (χ0n) is 12.1. The van der Waals surface area contributed by atoms with Gasteiger partial charge in [-0.15, -0.1) is 0 Å². The number of rotatable bonds is 5. The lowest BCUT2D eigenvalue weighted by Gasteiger charge is -2.39. The van der Waals surface area contributed by atoms with E-state index >= 15 is 0 Å². The molecule has 20 heavy (non-hydrogen) atoms. The first-order valence-corrected chi connectivity index (χ1v) is 6.95. The number of aliphatic carboxylic acids is 1. The van der Waals surface area contributed by atoms with Crippen molar-refractivity contribution in [3.63, 3.8) is 0 Å². The number of hydrogen-bond acceptors (Lipinski definition) is 4. The van der Waals surface area contributed by atoms with E-state index in [9.17, 15) is 4.79 Å². The topological polar surface area (TPSA) is 53.0 Å².